The van der Waals surface area contributed by atoms with Crippen LogP contribution in [0.1, 0.15) is 43.4 Å². The lowest BCUT2D eigenvalue weighted by Gasteiger charge is -2.57. The minimum Gasteiger partial charge on any atom is -0.339 e. The third-order valence-electron chi connectivity index (χ3n) is 9.21. The number of carbonyl (C=O) groups is 1. The average Bonchev–Trinajstić information content (AvgIpc) is 3.47. The molecule has 0 radical (unpaired) electrons. The number of nitrogens with zero attached hydrogens (tertiary/aromatic N) is 4. The predicted molar refractivity (Wildman–Crippen MR) is 146 cm³/mol. The Morgan fingerprint density at radius 1 is 1.03 bits per heavy atom. The fourth-order valence-corrected chi connectivity index (χ4v) is 10.3. The first-order valence-corrected chi connectivity index (χ1v) is 15.2. The third-order valence-corrected chi connectivity index (χ3v) is 11.4. The molecule has 36 heavy (non-hydrogen) atoms. The number of likely N-dealkylation sites (tertiary alicyclic amines) is 1. The van der Waals surface area contributed by atoms with Crippen molar-refractivity contribution in [2.75, 3.05) is 13.6 Å². The molecule has 0 unspecified atom stereocenters. The zero-order chi connectivity index (χ0) is 24.2. The number of aromatic nitrogens is 2. The van der Waals surface area contributed by atoms with Crippen LogP contribution in [0.5, 0.6) is 0 Å². The molecule has 5 aliphatic rings. The van der Waals surface area contributed by atoms with E-state index in [2.05, 4.69) is 45.2 Å². The Kier molecular flexibility index (Phi) is 6.06. The van der Waals surface area contributed by atoms with Gasteiger partial charge in [0, 0.05) is 46.9 Å². The van der Waals surface area contributed by atoms with Gasteiger partial charge in [0.1, 0.15) is 0 Å². The van der Waals surface area contributed by atoms with Gasteiger partial charge in [0.25, 0.3) is 0 Å². The van der Waals surface area contributed by atoms with Crippen molar-refractivity contribution in [3.8, 4) is 0 Å². The zero-order valence-corrected chi connectivity index (χ0v) is 22.5. The third kappa shape index (κ3) is 4.27. The molecule has 2 atom stereocenters. The van der Waals surface area contributed by atoms with Crippen LogP contribution < -0.4 is 0 Å². The standard InChI is InChI=1S/C29H34N4OS2/c1-32(16-23-14-20-5-2-3-6-26(20)35-23)28(34)25-15-24(36-29-30-7-4-8-31-29)17-33(25)27-21-10-18-9-19(12-21)13-22(27)11-18/h2-8,14,18-19,21-22,24-25,27H,9-13,15-17H2,1H3/t18?,19?,21?,22?,24-,25+,27?/m1/s1. The summed E-state index contributed by atoms with van der Waals surface area (Å²) in [6.07, 6.45) is 11.5. The number of likely N-dealkylation sites (N-methyl/N-ethyl adjacent to an activating group) is 1. The van der Waals surface area contributed by atoms with E-state index in [0.29, 0.717) is 23.7 Å². The minimum absolute atomic E-state index is 0.0342. The first-order chi connectivity index (χ1) is 17.6. The fourth-order valence-electron chi connectivity index (χ4n) is 8.09. The number of hydrogen-bond donors (Lipinski definition) is 0. The monoisotopic (exact) mass is 518 g/mol. The Hall–Kier alpha value is -1.96. The van der Waals surface area contributed by atoms with Gasteiger partial charge in [-0.2, -0.15) is 0 Å². The summed E-state index contributed by atoms with van der Waals surface area (Å²) in [4.78, 5) is 28.9. The highest BCUT2D eigenvalue weighted by molar-refractivity contribution is 7.99. The predicted octanol–water partition coefficient (Wildman–Crippen LogP) is 5.71. The number of thiophene rings is 1. The second-order valence-electron chi connectivity index (χ2n) is 11.6. The molecule has 3 aromatic rings. The maximum Gasteiger partial charge on any atom is 0.240 e. The van der Waals surface area contributed by atoms with Crippen molar-refractivity contribution in [3.05, 3.63) is 53.7 Å². The second kappa shape index (κ2) is 9.41. The van der Waals surface area contributed by atoms with Gasteiger partial charge < -0.3 is 4.90 Å². The molecule has 0 N–H and O–H groups in total. The molecule has 4 saturated carbocycles. The highest BCUT2D eigenvalue weighted by atomic mass is 32.2. The Labute approximate surface area is 221 Å². The van der Waals surface area contributed by atoms with Crippen LogP contribution >= 0.6 is 23.1 Å². The van der Waals surface area contributed by atoms with E-state index in [1.807, 2.05) is 41.7 Å². The molecule has 5 fully saturated rings. The van der Waals surface area contributed by atoms with Crippen LogP contribution in [0.2, 0.25) is 0 Å². The van der Waals surface area contributed by atoms with E-state index in [4.69, 9.17) is 0 Å². The summed E-state index contributed by atoms with van der Waals surface area (Å²) in [5.41, 5.74) is 0. The molecule has 8 rings (SSSR count). The smallest absolute Gasteiger partial charge is 0.240 e. The normalized spacial score (nSPS) is 33.4. The van der Waals surface area contributed by atoms with Crippen LogP contribution in [0, 0.1) is 23.7 Å². The van der Waals surface area contributed by atoms with Gasteiger partial charge in [-0.05, 0) is 85.8 Å². The lowest BCUT2D eigenvalue weighted by atomic mass is 9.54. The van der Waals surface area contributed by atoms with Gasteiger partial charge in [-0.15, -0.1) is 11.3 Å². The van der Waals surface area contributed by atoms with Gasteiger partial charge >= 0.3 is 0 Å². The van der Waals surface area contributed by atoms with Crippen LogP contribution in [0.3, 0.4) is 0 Å². The molecule has 1 aliphatic heterocycles. The van der Waals surface area contributed by atoms with E-state index in [-0.39, 0.29) is 6.04 Å². The summed E-state index contributed by atoms with van der Waals surface area (Å²) in [6.45, 7) is 1.66. The summed E-state index contributed by atoms with van der Waals surface area (Å²) in [5, 5.41) is 2.46. The number of carbonyl (C=O) groups excluding carboxylic acids is 1. The number of amides is 1. The number of benzene rings is 1. The molecule has 3 heterocycles. The number of fused-ring (bicyclic) bond motifs is 1. The zero-order valence-electron chi connectivity index (χ0n) is 20.8. The van der Waals surface area contributed by atoms with E-state index in [1.165, 1.54) is 47.1 Å². The molecule has 188 valence electrons. The van der Waals surface area contributed by atoms with E-state index in [1.54, 1.807) is 11.8 Å². The van der Waals surface area contributed by atoms with Gasteiger partial charge in [0.05, 0.1) is 12.6 Å². The van der Waals surface area contributed by atoms with E-state index < -0.39 is 0 Å². The quantitative estimate of drug-likeness (QED) is 0.391. The molecule has 4 aliphatic carbocycles. The van der Waals surface area contributed by atoms with Gasteiger partial charge in [-0.25, -0.2) is 9.97 Å². The van der Waals surface area contributed by atoms with Crippen LogP contribution in [0.15, 0.2) is 53.9 Å². The summed E-state index contributed by atoms with van der Waals surface area (Å²) < 4.78 is 1.30. The summed E-state index contributed by atoms with van der Waals surface area (Å²) in [6, 6.07) is 13.2. The van der Waals surface area contributed by atoms with Crippen molar-refractivity contribution in [3.63, 3.8) is 0 Å². The number of rotatable bonds is 6. The van der Waals surface area contributed by atoms with Crippen LogP contribution in [0.4, 0.5) is 0 Å². The lowest BCUT2D eigenvalue weighted by molar-refractivity contribution is -0.140. The number of thioether (sulfide) groups is 1. The molecular weight excluding hydrogens is 484 g/mol. The van der Waals surface area contributed by atoms with Crippen molar-refractivity contribution in [2.24, 2.45) is 23.7 Å². The first kappa shape index (κ1) is 23.2. The van der Waals surface area contributed by atoms with Crippen LogP contribution in [-0.4, -0.2) is 56.6 Å². The molecule has 7 heteroatoms. The molecule has 5 nitrogen and oxygen atoms in total. The Bertz CT molecular complexity index is 1190. The maximum absolute atomic E-state index is 14.1. The fraction of sp³-hybridized carbons (Fsp3) is 0.552. The number of hydrogen-bond acceptors (Lipinski definition) is 6. The summed E-state index contributed by atoms with van der Waals surface area (Å²) in [7, 11) is 2.00. The van der Waals surface area contributed by atoms with Crippen molar-refractivity contribution in [1.82, 2.24) is 19.8 Å². The van der Waals surface area contributed by atoms with E-state index >= 15 is 0 Å². The van der Waals surface area contributed by atoms with Gasteiger partial charge in [0.2, 0.25) is 5.91 Å². The Balaban J connectivity index is 1.13. The molecular formula is C29H34N4OS2. The van der Waals surface area contributed by atoms with Crippen molar-refractivity contribution in [2.45, 2.75) is 67.6 Å². The molecule has 1 aromatic carbocycles. The van der Waals surface area contributed by atoms with Crippen molar-refractivity contribution < 1.29 is 4.79 Å². The Morgan fingerprint density at radius 3 is 2.47 bits per heavy atom. The lowest BCUT2D eigenvalue weighted by Crippen LogP contribution is -2.59. The van der Waals surface area contributed by atoms with Gasteiger partial charge in [0.15, 0.2) is 5.16 Å². The molecule has 4 bridgehead atoms. The average molecular weight is 519 g/mol. The van der Waals surface area contributed by atoms with E-state index in [0.717, 1.165) is 41.8 Å². The topological polar surface area (TPSA) is 49.3 Å². The second-order valence-corrected chi connectivity index (χ2v) is 14.0. The summed E-state index contributed by atoms with van der Waals surface area (Å²) in [5.74, 6) is 3.73. The highest BCUT2D eigenvalue weighted by Gasteiger charge is 2.54. The van der Waals surface area contributed by atoms with Gasteiger partial charge in [-0.3, -0.25) is 9.69 Å². The van der Waals surface area contributed by atoms with Crippen molar-refractivity contribution >= 4 is 39.1 Å². The molecule has 2 aromatic heterocycles. The summed E-state index contributed by atoms with van der Waals surface area (Å²) >= 11 is 3.57. The van der Waals surface area contributed by atoms with E-state index in [9.17, 15) is 4.79 Å². The first-order valence-electron chi connectivity index (χ1n) is 13.5. The van der Waals surface area contributed by atoms with Gasteiger partial charge in [-0.1, -0.05) is 30.0 Å². The Morgan fingerprint density at radius 2 is 1.75 bits per heavy atom. The molecule has 0 spiro atoms. The SMILES string of the molecule is CN(Cc1cc2ccccc2s1)C(=O)[C@@H]1C[C@@H](Sc2ncccn2)CN1C1C2CC3CC(C2)CC1C3. The largest absolute Gasteiger partial charge is 0.339 e. The van der Waals surface area contributed by atoms with Crippen LogP contribution in [-0.2, 0) is 11.3 Å². The van der Waals surface area contributed by atoms with Crippen molar-refractivity contribution in [1.29, 1.82) is 0 Å². The van der Waals surface area contributed by atoms with Crippen LogP contribution in [0.25, 0.3) is 10.1 Å². The molecule has 1 amide bonds. The maximum atomic E-state index is 14.1. The highest BCUT2D eigenvalue weighted by Crippen LogP contribution is 2.56. The molecule has 1 saturated heterocycles. The minimum atomic E-state index is -0.0342.